The van der Waals surface area contributed by atoms with Gasteiger partial charge in [-0.2, -0.15) is 13.2 Å². The second-order valence-corrected chi connectivity index (χ2v) is 10.4. The molecule has 0 aliphatic rings. The smallest absolute Gasteiger partial charge is 0.241 e. The van der Waals surface area contributed by atoms with Crippen LogP contribution in [0.1, 0.15) is 38.1 Å². The molecular formula is C27H24F3NS2. The number of benzene rings is 3. The molecule has 0 spiro atoms. The van der Waals surface area contributed by atoms with E-state index in [0.29, 0.717) is 5.56 Å². The van der Waals surface area contributed by atoms with Crippen LogP contribution in [0, 0.1) is 20.8 Å². The molecule has 4 aromatic rings. The van der Waals surface area contributed by atoms with Crippen molar-refractivity contribution in [1.82, 2.24) is 4.98 Å². The number of nitrogens with zero attached hydrogens (tertiary/aromatic N) is 1. The third-order valence-corrected chi connectivity index (χ3v) is 8.29. The number of hydrogen-bond donors (Lipinski definition) is 0. The summed E-state index contributed by atoms with van der Waals surface area (Å²) >= 11 is 3.38. The van der Waals surface area contributed by atoms with Gasteiger partial charge in [0.25, 0.3) is 0 Å². The zero-order valence-corrected chi connectivity index (χ0v) is 20.2. The van der Waals surface area contributed by atoms with Gasteiger partial charge in [0.1, 0.15) is 5.01 Å². The SMILES string of the molecule is Cc1ccc(SC(Cc2ccccc2)c2sc(-c3ccc(C(F)(F)F)cc3)nc2C)cc1C. The molecule has 0 amide bonds. The Bertz CT molecular complexity index is 1230. The van der Waals surface area contributed by atoms with Gasteiger partial charge in [-0.1, -0.05) is 48.5 Å². The van der Waals surface area contributed by atoms with Crippen LogP contribution in [0.5, 0.6) is 0 Å². The minimum atomic E-state index is -4.34. The molecule has 1 atom stereocenters. The molecule has 6 heteroatoms. The van der Waals surface area contributed by atoms with Gasteiger partial charge in [-0.3, -0.25) is 0 Å². The second kappa shape index (κ2) is 9.74. The molecule has 0 saturated carbocycles. The summed E-state index contributed by atoms with van der Waals surface area (Å²) in [5.74, 6) is 0. The molecule has 1 heterocycles. The molecular weight excluding hydrogens is 459 g/mol. The first-order valence-corrected chi connectivity index (χ1v) is 12.3. The summed E-state index contributed by atoms with van der Waals surface area (Å²) in [6.45, 7) is 6.21. The van der Waals surface area contributed by atoms with Gasteiger partial charge < -0.3 is 0 Å². The zero-order valence-electron chi connectivity index (χ0n) is 18.6. The molecule has 0 aliphatic carbocycles. The summed E-state index contributed by atoms with van der Waals surface area (Å²) in [7, 11) is 0. The summed E-state index contributed by atoms with van der Waals surface area (Å²) < 4.78 is 38.8. The Kier molecular flexibility index (Phi) is 6.96. The van der Waals surface area contributed by atoms with E-state index in [1.807, 2.05) is 36.9 Å². The molecule has 0 radical (unpaired) electrons. The number of hydrogen-bond acceptors (Lipinski definition) is 3. The van der Waals surface area contributed by atoms with E-state index in [-0.39, 0.29) is 5.25 Å². The average molecular weight is 484 g/mol. The molecule has 0 fully saturated rings. The lowest BCUT2D eigenvalue weighted by Crippen LogP contribution is -2.03. The van der Waals surface area contributed by atoms with Crippen LogP contribution in [0.2, 0.25) is 0 Å². The van der Waals surface area contributed by atoms with Crippen LogP contribution in [0.25, 0.3) is 10.6 Å². The molecule has 3 aromatic carbocycles. The van der Waals surface area contributed by atoms with E-state index in [1.54, 1.807) is 11.3 Å². The lowest BCUT2D eigenvalue weighted by Gasteiger charge is -2.17. The predicted molar refractivity (Wildman–Crippen MR) is 132 cm³/mol. The second-order valence-electron chi connectivity index (χ2n) is 8.09. The molecule has 0 N–H and O–H groups in total. The van der Waals surface area contributed by atoms with Crippen molar-refractivity contribution in [2.75, 3.05) is 0 Å². The third-order valence-electron chi connectivity index (χ3n) is 5.60. The van der Waals surface area contributed by atoms with E-state index in [1.165, 1.54) is 33.7 Å². The van der Waals surface area contributed by atoms with Crippen LogP contribution in [-0.4, -0.2) is 4.98 Å². The monoisotopic (exact) mass is 483 g/mol. The van der Waals surface area contributed by atoms with Gasteiger partial charge in [0.15, 0.2) is 0 Å². The normalized spacial score (nSPS) is 12.7. The minimum absolute atomic E-state index is 0.148. The van der Waals surface area contributed by atoms with E-state index >= 15 is 0 Å². The van der Waals surface area contributed by atoms with Crippen molar-refractivity contribution in [1.29, 1.82) is 0 Å². The predicted octanol–water partition coefficient (Wildman–Crippen LogP) is 8.83. The Balaban J connectivity index is 1.67. The van der Waals surface area contributed by atoms with Crippen LogP contribution in [0.4, 0.5) is 13.2 Å². The van der Waals surface area contributed by atoms with Crippen LogP contribution in [0.15, 0.2) is 77.7 Å². The largest absolute Gasteiger partial charge is 0.416 e. The third kappa shape index (κ3) is 5.68. The molecule has 0 saturated heterocycles. The summed E-state index contributed by atoms with van der Waals surface area (Å²) in [5.41, 5.74) is 4.74. The minimum Gasteiger partial charge on any atom is -0.241 e. The van der Waals surface area contributed by atoms with Crippen molar-refractivity contribution in [2.45, 2.75) is 43.5 Å². The van der Waals surface area contributed by atoms with Crippen molar-refractivity contribution >= 4 is 23.1 Å². The highest BCUT2D eigenvalue weighted by atomic mass is 32.2. The maximum atomic E-state index is 12.9. The highest BCUT2D eigenvalue weighted by Crippen LogP contribution is 2.44. The van der Waals surface area contributed by atoms with Crippen LogP contribution in [0.3, 0.4) is 0 Å². The molecule has 1 nitrogen and oxygen atoms in total. The lowest BCUT2D eigenvalue weighted by atomic mass is 10.1. The van der Waals surface area contributed by atoms with Crippen LogP contribution in [-0.2, 0) is 12.6 Å². The van der Waals surface area contributed by atoms with Crippen LogP contribution >= 0.6 is 23.1 Å². The van der Waals surface area contributed by atoms with Crippen molar-refractivity contribution in [3.63, 3.8) is 0 Å². The van der Waals surface area contributed by atoms with Gasteiger partial charge in [-0.15, -0.1) is 23.1 Å². The summed E-state index contributed by atoms with van der Waals surface area (Å²) in [4.78, 5) is 7.08. The molecule has 1 aromatic heterocycles. The summed E-state index contributed by atoms with van der Waals surface area (Å²) in [5, 5.41) is 0.894. The number of alkyl halides is 3. The van der Waals surface area contributed by atoms with Crippen LogP contribution < -0.4 is 0 Å². The molecule has 0 bridgehead atoms. The van der Waals surface area contributed by atoms with E-state index in [9.17, 15) is 13.2 Å². The highest BCUT2D eigenvalue weighted by Gasteiger charge is 2.30. The molecule has 33 heavy (non-hydrogen) atoms. The van der Waals surface area contributed by atoms with Gasteiger partial charge in [0.05, 0.1) is 11.3 Å². The number of thiazole rings is 1. The zero-order chi connectivity index (χ0) is 23.6. The fraction of sp³-hybridized carbons (Fsp3) is 0.222. The first-order chi connectivity index (χ1) is 15.7. The summed E-state index contributed by atoms with van der Waals surface area (Å²) in [6, 6.07) is 22.1. The number of thioether (sulfide) groups is 1. The van der Waals surface area contributed by atoms with Crippen molar-refractivity contribution < 1.29 is 13.2 Å². The maximum absolute atomic E-state index is 12.9. The van der Waals surface area contributed by atoms with E-state index < -0.39 is 11.7 Å². The summed E-state index contributed by atoms with van der Waals surface area (Å²) in [6.07, 6.45) is -3.50. The molecule has 4 rings (SSSR count). The van der Waals surface area contributed by atoms with E-state index in [4.69, 9.17) is 4.98 Å². The van der Waals surface area contributed by atoms with Gasteiger partial charge in [-0.25, -0.2) is 4.98 Å². The Morgan fingerprint density at radius 2 is 1.58 bits per heavy atom. The molecule has 170 valence electrons. The van der Waals surface area contributed by atoms with Gasteiger partial charge >= 0.3 is 6.18 Å². The van der Waals surface area contributed by atoms with Crippen molar-refractivity contribution in [2.24, 2.45) is 0 Å². The topological polar surface area (TPSA) is 12.9 Å². The number of halogens is 3. The fourth-order valence-electron chi connectivity index (χ4n) is 3.60. The number of aryl methyl sites for hydroxylation is 3. The molecule has 0 aliphatic heterocycles. The number of aromatic nitrogens is 1. The van der Waals surface area contributed by atoms with Crippen molar-refractivity contribution in [3.8, 4) is 10.6 Å². The Hall–Kier alpha value is -2.57. The van der Waals surface area contributed by atoms with Crippen molar-refractivity contribution in [3.05, 3.63) is 106 Å². The highest BCUT2D eigenvalue weighted by molar-refractivity contribution is 7.99. The Labute approximate surface area is 200 Å². The Morgan fingerprint density at radius 3 is 2.21 bits per heavy atom. The van der Waals surface area contributed by atoms with Gasteiger partial charge in [0, 0.05) is 20.6 Å². The van der Waals surface area contributed by atoms with Gasteiger partial charge in [-0.05, 0) is 68.1 Å². The quantitative estimate of drug-likeness (QED) is 0.254. The maximum Gasteiger partial charge on any atom is 0.416 e. The first-order valence-electron chi connectivity index (χ1n) is 10.6. The fourth-order valence-corrected chi connectivity index (χ4v) is 6.21. The molecule has 1 unspecified atom stereocenters. The average Bonchev–Trinajstić information content (AvgIpc) is 3.17. The standard InChI is InChI=1S/C27H24F3NS2/c1-17-9-14-23(15-18(17)2)32-24(16-20-7-5-4-6-8-20)25-19(3)31-26(33-25)21-10-12-22(13-11-21)27(28,29)30/h4-15,24H,16H2,1-3H3. The lowest BCUT2D eigenvalue weighted by molar-refractivity contribution is -0.137. The van der Waals surface area contributed by atoms with E-state index in [2.05, 4.69) is 44.2 Å². The Morgan fingerprint density at radius 1 is 0.879 bits per heavy atom. The van der Waals surface area contributed by atoms with E-state index in [0.717, 1.165) is 34.1 Å². The first kappa shape index (κ1) is 23.6. The van der Waals surface area contributed by atoms with Gasteiger partial charge in [0.2, 0.25) is 0 Å². The number of rotatable bonds is 6.